The van der Waals surface area contributed by atoms with Crippen molar-refractivity contribution in [1.29, 1.82) is 0 Å². The van der Waals surface area contributed by atoms with Gasteiger partial charge in [0.05, 0.1) is 6.10 Å². The molecular weight excluding hydrogens is 276 g/mol. The molecule has 0 spiro atoms. The van der Waals surface area contributed by atoms with Gasteiger partial charge in [0, 0.05) is 29.5 Å². The van der Waals surface area contributed by atoms with E-state index in [4.69, 9.17) is 4.74 Å². The third kappa shape index (κ3) is 4.64. The Kier molecular flexibility index (Phi) is 5.82. The molecule has 1 N–H and O–H groups in total. The summed E-state index contributed by atoms with van der Waals surface area (Å²) < 4.78 is 6.15. The molecule has 0 aromatic carbocycles. The standard InChI is InChI=1S/C11H17BrO2S/c1-8(7-14-2)5-9(13)6-11-10(12)3-4-15-11/h3-4,8-9,13H,5-7H2,1-2H3. The molecule has 0 fully saturated rings. The minimum absolute atomic E-state index is 0.273. The number of hydrogen-bond acceptors (Lipinski definition) is 3. The van der Waals surface area contributed by atoms with Crippen LogP contribution in [0.4, 0.5) is 0 Å². The van der Waals surface area contributed by atoms with Crippen molar-refractivity contribution >= 4 is 27.3 Å². The summed E-state index contributed by atoms with van der Waals surface area (Å²) in [7, 11) is 1.69. The Bertz CT molecular complexity index is 288. The van der Waals surface area contributed by atoms with Crippen molar-refractivity contribution in [1.82, 2.24) is 0 Å². The van der Waals surface area contributed by atoms with Gasteiger partial charge in [0.15, 0.2) is 0 Å². The second-order valence-electron chi connectivity index (χ2n) is 3.85. The van der Waals surface area contributed by atoms with E-state index >= 15 is 0 Å². The minimum Gasteiger partial charge on any atom is -0.393 e. The van der Waals surface area contributed by atoms with Crippen LogP contribution in [0.25, 0.3) is 0 Å². The molecule has 0 aliphatic rings. The molecule has 4 heteroatoms. The van der Waals surface area contributed by atoms with Crippen molar-refractivity contribution in [3.63, 3.8) is 0 Å². The van der Waals surface area contributed by atoms with Crippen molar-refractivity contribution in [3.8, 4) is 0 Å². The highest BCUT2D eigenvalue weighted by molar-refractivity contribution is 9.10. The van der Waals surface area contributed by atoms with Crippen molar-refractivity contribution < 1.29 is 9.84 Å². The summed E-state index contributed by atoms with van der Waals surface area (Å²) >= 11 is 5.15. The van der Waals surface area contributed by atoms with Crippen LogP contribution >= 0.6 is 27.3 Å². The van der Waals surface area contributed by atoms with Crippen LogP contribution in [-0.2, 0) is 11.2 Å². The van der Waals surface area contributed by atoms with E-state index in [1.54, 1.807) is 18.4 Å². The summed E-state index contributed by atoms with van der Waals surface area (Å²) in [6, 6.07) is 2.02. The zero-order chi connectivity index (χ0) is 11.3. The highest BCUT2D eigenvalue weighted by Crippen LogP contribution is 2.25. The third-order valence-electron chi connectivity index (χ3n) is 2.24. The summed E-state index contributed by atoms with van der Waals surface area (Å²) in [4.78, 5) is 1.21. The van der Waals surface area contributed by atoms with Crippen molar-refractivity contribution in [3.05, 3.63) is 20.8 Å². The number of aliphatic hydroxyl groups excluding tert-OH is 1. The topological polar surface area (TPSA) is 29.5 Å². The Morgan fingerprint density at radius 1 is 1.60 bits per heavy atom. The van der Waals surface area contributed by atoms with E-state index < -0.39 is 0 Å². The van der Waals surface area contributed by atoms with Crippen LogP contribution in [-0.4, -0.2) is 24.9 Å². The number of ether oxygens (including phenoxy) is 1. The van der Waals surface area contributed by atoms with Crippen molar-refractivity contribution in [2.75, 3.05) is 13.7 Å². The van der Waals surface area contributed by atoms with Gasteiger partial charge in [0.25, 0.3) is 0 Å². The van der Waals surface area contributed by atoms with Gasteiger partial charge in [0.1, 0.15) is 0 Å². The van der Waals surface area contributed by atoms with Gasteiger partial charge in [-0.15, -0.1) is 11.3 Å². The zero-order valence-corrected chi connectivity index (χ0v) is 11.5. The smallest absolute Gasteiger partial charge is 0.0592 e. The maximum absolute atomic E-state index is 9.87. The lowest BCUT2D eigenvalue weighted by Gasteiger charge is -2.15. The normalized spacial score (nSPS) is 15.2. The molecule has 86 valence electrons. The molecule has 0 amide bonds. The Morgan fingerprint density at radius 3 is 2.87 bits per heavy atom. The number of methoxy groups -OCH3 is 1. The number of thiophene rings is 1. The zero-order valence-electron chi connectivity index (χ0n) is 9.07. The first-order valence-electron chi connectivity index (χ1n) is 5.02. The predicted octanol–water partition coefficient (Wildman–Crippen LogP) is 3.09. The number of rotatable bonds is 6. The predicted molar refractivity (Wildman–Crippen MR) is 67.4 cm³/mol. The number of halogens is 1. The monoisotopic (exact) mass is 292 g/mol. The Balaban J connectivity index is 2.36. The average Bonchev–Trinajstić information content (AvgIpc) is 2.52. The first-order valence-corrected chi connectivity index (χ1v) is 6.69. The average molecular weight is 293 g/mol. The Hall–Kier alpha value is 0.100. The van der Waals surface area contributed by atoms with E-state index in [1.165, 1.54) is 4.88 Å². The fraction of sp³-hybridized carbons (Fsp3) is 0.636. The second-order valence-corrected chi connectivity index (χ2v) is 5.70. The van der Waals surface area contributed by atoms with Gasteiger partial charge in [-0.1, -0.05) is 6.92 Å². The molecule has 0 radical (unpaired) electrons. The highest BCUT2D eigenvalue weighted by Gasteiger charge is 2.13. The molecule has 0 saturated carbocycles. The lowest BCUT2D eigenvalue weighted by Crippen LogP contribution is -2.17. The summed E-state index contributed by atoms with van der Waals surface area (Å²) in [5, 5.41) is 11.9. The van der Waals surface area contributed by atoms with Crippen molar-refractivity contribution in [2.45, 2.75) is 25.9 Å². The van der Waals surface area contributed by atoms with Gasteiger partial charge in [-0.2, -0.15) is 0 Å². The van der Waals surface area contributed by atoms with Crippen LogP contribution in [0.15, 0.2) is 15.9 Å². The van der Waals surface area contributed by atoms with Crippen LogP contribution in [0.5, 0.6) is 0 Å². The molecular formula is C11H17BrO2S. The number of hydrogen-bond donors (Lipinski definition) is 1. The van der Waals surface area contributed by atoms with Gasteiger partial charge < -0.3 is 9.84 Å². The van der Waals surface area contributed by atoms with E-state index in [0.717, 1.165) is 17.3 Å². The lowest BCUT2D eigenvalue weighted by atomic mass is 10.0. The molecule has 1 heterocycles. The fourth-order valence-corrected chi connectivity index (χ4v) is 3.17. The van der Waals surface area contributed by atoms with E-state index in [9.17, 15) is 5.11 Å². The molecule has 1 rings (SSSR count). The molecule has 0 bridgehead atoms. The molecule has 2 nitrogen and oxygen atoms in total. The summed E-state index contributed by atoms with van der Waals surface area (Å²) in [5.74, 6) is 0.406. The quantitative estimate of drug-likeness (QED) is 0.873. The van der Waals surface area contributed by atoms with Crippen molar-refractivity contribution in [2.24, 2.45) is 5.92 Å². The van der Waals surface area contributed by atoms with Gasteiger partial charge in [0.2, 0.25) is 0 Å². The number of aliphatic hydroxyl groups is 1. The lowest BCUT2D eigenvalue weighted by molar-refractivity contribution is 0.102. The van der Waals surface area contributed by atoms with Gasteiger partial charge in [-0.25, -0.2) is 0 Å². The fourth-order valence-electron chi connectivity index (χ4n) is 1.59. The largest absolute Gasteiger partial charge is 0.393 e. The summed E-state index contributed by atoms with van der Waals surface area (Å²) in [5.41, 5.74) is 0. The Labute approximate surface area is 103 Å². The van der Waals surface area contributed by atoms with Crippen LogP contribution in [0.1, 0.15) is 18.2 Å². The molecule has 1 aromatic rings. The van der Waals surface area contributed by atoms with Gasteiger partial charge >= 0.3 is 0 Å². The molecule has 2 unspecified atom stereocenters. The first-order chi connectivity index (χ1) is 7.13. The van der Waals surface area contributed by atoms with E-state index in [1.807, 2.05) is 11.4 Å². The van der Waals surface area contributed by atoms with Gasteiger partial charge in [-0.3, -0.25) is 0 Å². The van der Waals surface area contributed by atoms with E-state index in [-0.39, 0.29) is 6.10 Å². The summed E-state index contributed by atoms with van der Waals surface area (Å²) in [6.07, 6.45) is 1.25. The highest BCUT2D eigenvalue weighted by atomic mass is 79.9. The molecule has 15 heavy (non-hydrogen) atoms. The Morgan fingerprint density at radius 2 is 2.33 bits per heavy atom. The molecule has 2 atom stereocenters. The molecule has 0 saturated heterocycles. The van der Waals surface area contributed by atoms with Crippen LogP contribution in [0, 0.1) is 5.92 Å². The maximum atomic E-state index is 9.87. The maximum Gasteiger partial charge on any atom is 0.0592 e. The van der Waals surface area contributed by atoms with Gasteiger partial charge in [-0.05, 0) is 39.7 Å². The molecule has 0 aliphatic heterocycles. The van der Waals surface area contributed by atoms with Crippen LogP contribution < -0.4 is 0 Å². The third-order valence-corrected chi connectivity index (χ3v) is 4.19. The van der Waals surface area contributed by atoms with Crippen LogP contribution in [0.2, 0.25) is 0 Å². The molecule has 0 aliphatic carbocycles. The van der Waals surface area contributed by atoms with E-state index in [0.29, 0.717) is 12.5 Å². The SMILES string of the molecule is COCC(C)CC(O)Cc1sccc1Br. The second kappa shape index (κ2) is 6.63. The minimum atomic E-state index is -0.273. The van der Waals surface area contributed by atoms with Crippen LogP contribution in [0.3, 0.4) is 0 Å². The molecule has 1 aromatic heterocycles. The first kappa shape index (κ1) is 13.2. The van der Waals surface area contributed by atoms with E-state index in [2.05, 4.69) is 22.9 Å². The summed E-state index contributed by atoms with van der Waals surface area (Å²) in [6.45, 7) is 2.80.